The largest absolute Gasteiger partial charge is 0.497 e. The van der Waals surface area contributed by atoms with E-state index in [9.17, 15) is 9.18 Å². The Morgan fingerprint density at radius 3 is 2.48 bits per heavy atom. The van der Waals surface area contributed by atoms with E-state index in [1.54, 1.807) is 25.3 Å². The fourth-order valence-electron chi connectivity index (χ4n) is 2.97. The van der Waals surface area contributed by atoms with Gasteiger partial charge in [0, 0.05) is 6.42 Å². The summed E-state index contributed by atoms with van der Waals surface area (Å²) in [6.07, 6.45) is 2.75. The van der Waals surface area contributed by atoms with Crippen LogP contribution in [-0.2, 0) is 19.3 Å². The van der Waals surface area contributed by atoms with Crippen molar-refractivity contribution in [3.05, 3.63) is 75.6 Å². The van der Waals surface area contributed by atoms with E-state index in [-0.39, 0.29) is 5.39 Å². The van der Waals surface area contributed by atoms with Gasteiger partial charge in [0.25, 0.3) is 0 Å². The highest BCUT2D eigenvalue weighted by molar-refractivity contribution is 5.82. The second kappa shape index (κ2) is 7.51. The Labute approximate surface area is 146 Å². The zero-order chi connectivity index (χ0) is 17.8. The zero-order valence-corrected chi connectivity index (χ0v) is 14.5. The minimum Gasteiger partial charge on any atom is -0.497 e. The number of hydrogen-bond acceptors (Lipinski definition) is 3. The Hall–Kier alpha value is -2.62. The van der Waals surface area contributed by atoms with Crippen LogP contribution in [-0.4, -0.2) is 7.11 Å². The summed E-state index contributed by atoms with van der Waals surface area (Å²) in [4.78, 5) is 12.2. The number of rotatable bonds is 6. The molecule has 0 unspecified atom stereocenters. The van der Waals surface area contributed by atoms with Crippen LogP contribution in [0.25, 0.3) is 10.8 Å². The molecule has 2 aromatic carbocycles. The third kappa shape index (κ3) is 3.73. The van der Waals surface area contributed by atoms with Crippen LogP contribution in [0.1, 0.15) is 30.2 Å². The molecule has 1 aromatic heterocycles. The molecule has 0 aliphatic rings. The van der Waals surface area contributed by atoms with Crippen LogP contribution in [0, 0.1) is 5.82 Å². The second-order valence-electron chi connectivity index (χ2n) is 6.10. The molecule has 0 saturated heterocycles. The maximum atomic E-state index is 14.8. The van der Waals surface area contributed by atoms with Gasteiger partial charge in [-0.3, -0.25) is 0 Å². The Balaban J connectivity index is 1.86. The molecule has 3 rings (SSSR count). The van der Waals surface area contributed by atoms with Gasteiger partial charge in [-0.2, -0.15) is 0 Å². The number of fused-ring (bicyclic) bond motifs is 1. The van der Waals surface area contributed by atoms with Gasteiger partial charge >= 0.3 is 5.63 Å². The van der Waals surface area contributed by atoms with Crippen molar-refractivity contribution in [2.75, 3.05) is 7.11 Å². The molecule has 0 N–H and O–H groups in total. The molecule has 0 atom stereocenters. The molecule has 130 valence electrons. The highest BCUT2D eigenvalue weighted by Gasteiger charge is 2.13. The summed E-state index contributed by atoms with van der Waals surface area (Å²) in [5.41, 5.74) is 1.02. The van der Waals surface area contributed by atoms with Gasteiger partial charge in [0.1, 0.15) is 22.7 Å². The molecule has 0 bridgehead atoms. The smallest absolute Gasteiger partial charge is 0.346 e. The SMILES string of the molecule is CCCc1cc2ccc(CCc3ccc(OC)cc3)c(F)c2c(=O)o1. The summed E-state index contributed by atoms with van der Waals surface area (Å²) in [5, 5.41) is 0.650. The predicted molar refractivity (Wildman–Crippen MR) is 96.8 cm³/mol. The Bertz CT molecular complexity index is 926. The van der Waals surface area contributed by atoms with E-state index < -0.39 is 11.4 Å². The van der Waals surface area contributed by atoms with E-state index in [0.29, 0.717) is 36.0 Å². The fraction of sp³-hybridized carbons (Fsp3) is 0.286. The molecule has 0 fully saturated rings. The fourth-order valence-corrected chi connectivity index (χ4v) is 2.97. The lowest BCUT2D eigenvalue weighted by Gasteiger charge is -2.08. The lowest BCUT2D eigenvalue weighted by molar-refractivity contribution is 0.414. The molecule has 0 spiro atoms. The van der Waals surface area contributed by atoms with E-state index >= 15 is 0 Å². The molecule has 3 aromatic rings. The summed E-state index contributed by atoms with van der Waals surface area (Å²) >= 11 is 0. The molecule has 0 aliphatic heterocycles. The maximum absolute atomic E-state index is 14.8. The molecule has 0 amide bonds. The maximum Gasteiger partial charge on any atom is 0.346 e. The van der Waals surface area contributed by atoms with Crippen LogP contribution in [0.4, 0.5) is 4.39 Å². The molecule has 3 nitrogen and oxygen atoms in total. The topological polar surface area (TPSA) is 39.4 Å². The minimum absolute atomic E-state index is 0.0482. The van der Waals surface area contributed by atoms with Gasteiger partial charge in [-0.25, -0.2) is 9.18 Å². The Morgan fingerprint density at radius 1 is 1.04 bits per heavy atom. The van der Waals surface area contributed by atoms with Crippen molar-refractivity contribution in [3.63, 3.8) is 0 Å². The molecular weight excluding hydrogens is 319 g/mol. The van der Waals surface area contributed by atoms with Crippen LogP contribution in [0.5, 0.6) is 5.75 Å². The van der Waals surface area contributed by atoms with Crippen LogP contribution >= 0.6 is 0 Å². The monoisotopic (exact) mass is 340 g/mol. The summed E-state index contributed by atoms with van der Waals surface area (Å²) < 4.78 is 25.2. The van der Waals surface area contributed by atoms with Crippen molar-refractivity contribution in [1.82, 2.24) is 0 Å². The third-order valence-electron chi connectivity index (χ3n) is 4.34. The molecule has 25 heavy (non-hydrogen) atoms. The van der Waals surface area contributed by atoms with Crippen LogP contribution in [0.3, 0.4) is 0 Å². The summed E-state index contributed by atoms with van der Waals surface area (Å²) in [6, 6.07) is 13.0. The van der Waals surface area contributed by atoms with E-state index in [1.807, 2.05) is 31.2 Å². The van der Waals surface area contributed by atoms with Gasteiger partial charge in [0.05, 0.1) is 7.11 Å². The summed E-state index contributed by atoms with van der Waals surface area (Å²) in [5.74, 6) is 0.925. The van der Waals surface area contributed by atoms with Gasteiger partial charge in [0.2, 0.25) is 0 Å². The van der Waals surface area contributed by atoms with Gasteiger partial charge in [-0.15, -0.1) is 0 Å². The molecule has 1 heterocycles. The van der Waals surface area contributed by atoms with Crippen molar-refractivity contribution < 1.29 is 13.5 Å². The Kier molecular flexibility index (Phi) is 5.17. The van der Waals surface area contributed by atoms with Crippen molar-refractivity contribution in [2.45, 2.75) is 32.6 Å². The minimum atomic E-state index is -0.593. The van der Waals surface area contributed by atoms with Gasteiger partial charge in [-0.05, 0) is 54.0 Å². The average Bonchev–Trinajstić information content (AvgIpc) is 2.61. The van der Waals surface area contributed by atoms with E-state index in [0.717, 1.165) is 17.7 Å². The first kappa shape index (κ1) is 17.2. The normalized spacial score (nSPS) is 11.0. The molecule has 4 heteroatoms. The van der Waals surface area contributed by atoms with Crippen molar-refractivity contribution >= 4 is 10.8 Å². The van der Waals surface area contributed by atoms with Crippen molar-refractivity contribution in [3.8, 4) is 5.75 Å². The van der Waals surface area contributed by atoms with Crippen molar-refractivity contribution in [2.24, 2.45) is 0 Å². The van der Waals surface area contributed by atoms with E-state index in [4.69, 9.17) is 9.15 Å². The van der Waals surface area contributed by atoms with Crippen LogP contribution < -0.4 is 10.4 Å². The number of hydrogen-bond donors (Lipinski definition) is 0. The number of aryl methyl sites for hydroxylation is 3. The first-order chi connectivity index (χ1) is 12.1. The molecule has 0 radical (unpaired) electrons. The van der Waals surface area contributed by atoms with Gasteiger partial charge in [-0.1, -0.05) is 31.2 Å². The molecule has 0 aliphatic carbocycles. The highest BCUT2D eigenvalue weighted by atomic mass is 19.1. The predicted octanol–water partition coefficient (Wildman–Crippen LogP) is 4.68. The number of halogens is 1. The average molecular weight is 340 g/mol. The lowest BCUT2D eigenvalue weighted by Crippen LogP contribution is -2.07. The molecule has 0 saturated carbocycles. The lowest BCUT2D eigenvalue weighted by atomic mass is 10.0. The van der Waals surface area contributed by atoms with Crippen LogP contribution in [0.2, 0.25) is 0 Å². The zero-order valence-electron chi connectivity index (χ0n) is 14.5. The number of methoxy groups -OCH3 is 1. The summed E-state index contributed by atoms with van der Waals surface area (Å²) in [7, 11) is 1.62. The Morgan fingerprint density at radius 2 is 1.80 bits per heavy atom. The van der Waals surface area contributed by atoms with E-state index in [2.05, 4.69) is 0 Å². The third-order valence-corrected chi connectivity index (χ3v) is 4.34. The first-order valence-electron chi connectivity index (χ1n) is 8.49. The second-order valence-corrected chi connectivity index (χ2v) is 6.10. The van der Waals surface area contributed by atoms with Gasteiger partial charge in [0.15, 0.2) is 0 Å². The quantitative estimate of drug-likeness (QED) is 0.654. The number of benzene rings is 2. The number of ether oxygens (including phenoxy) is 1. The van der Waals surface area contributed by atoms with E-state index in [1.165, 1.54) is 0 Å². The standard InChI is InChI=1S/C21H21FO3/c1-3-4-18-13-16-10-9-15(20(22)19(16)21(23)25-18)8-5-14-6-11-17(24-2)12-7-14/h6-7,9-13H,3-5,8H2,1-2H3. The molecular formula is C21H21FO3. The highest BCUT2D eigenvalue weighted by Crippen LogP contribution is 2.22. The first-order valence-corrected chi connectivity index (χ1v) is 8.49. The summed E-state index contributed by atoms with van der Waals surface area (Å²) in [6.45, 7) is 2.01. The van der Waals surface area contributed by atoms with Gasteiger partial charge < -0.3 is 9.15 Å². The van der Waals surface area contributed by atoms with Crippen molar-refractivity contribution in [1.29, 1.82) is 0 Å². The van der Waals surface area contributed by atoms with Crippen LogP contribution in [0.15, 0.2) is 51.7 Å².